The highest BCUT2D eigenvalue weighted by molar-refractivity contribution is 7.09. The van der Waals surface area contributed by atoms with Crippen LogP contribution in [0.25, 0.3) is 0 Å². The number of carboxylic acids is 1. The Kier molecular flexibility index (Phi) is 6.37. The molecule has 0 aliphatic heterocycles. The van der Waals surface area contributed by atoms with Crippen molar-refractivity contribution < 1.29 is 19.4 Å². The van der Waals surface area contributed by atoms with Gasteiger partial charge in [0, 0.05) is 23.0 Å². The van der Waals surface area contributed by atoms with Gasteiger partial charge in [0.1, 0.15) is 12.4 Å². The summed E-state index contributed by atoms with van der Waals surface area (Å²) in [6.07, 6.45) is -0.0709. The number of ether oxygens (including phenoxy) is 1. The fourth-order valence-electron chi connectivity index (χ4n) is 2.24. The van der Waals surface area contributed by atoms with Crippen LogP contribution in [-0.4, -0.2) is 34.5 Å². The first kappa shape index (κ1) is 18.0. The van der Waals surface area contributed by atoms with Gasteiger partial charge in [0.15, 0.2) is 0 Å². The Labute approximate surface area is 145 Å². The van der Waals surface area contributed by atoms with Crippen molar-refractivity contribution in [2.75, 3.05) is 6.54 Å². The summed E-state index contributed by atoms with van der Waals surface area (Å²) in [4.78, 5) is 26.1. The molecular formula is C18H21NO4S. The summed E-state index contributed by atoms with van der Waals surface area (Å²) in [5, 5.41) is 10.8. The second-order valence-corrected chi connectivity index (χ2v) is 6.66. The van der Waals surface area contributed by atoms with Crippen molar-refractivity contribution >= 4 is 23.2 Å². The van der Waals surface area contributed by atoms with Crippen molar-refractivity contribution in [3.8, 4) is 5.75 Å². The Hall–Kier alpha value is -2.34. The van der Waals surface area contributed by atoms with E-state index in [0.29, 0.717) is 17.9 Å². The molecule has 1 aromatic heterocycles. The van der Waals surface area contributed by atoms with Gasteiger partial charge in [-0.05, 0) is 43.5 Å². The monoisotopic (exact) mass is 347 g/mol. The number of carbonyl (C=O) groups is 2. The van der Waals surface area contributed by atoms with Gasteiger partial charge in [-0.3, -0.25) is 9.59 Å². The zero-order valence-corrected chi connectivity index (χ0v) is 14.6. The topological polar surface area (TPSA) is 66.8 Å². The zero-order chi connectivity index (χ0) is 17.5. The van der Waals surface area contributed by atoms with Gasteiger partial charge in [-0.25, -0.2) is 0 Å². The largest absolute Gasteiger partial charge is 0.488 e. The van der Waals surface area contributed by atoms with Crippen LogP contribution in [0.4, 0.5) is 0 Å². The Bertz CT molecular complexity index is 682. The van der Waals surface area contributed by atoms with Gasteiger partial charge in [0.2, 0.25) is 0 Å². The van der Waals surface area contributed by atoms with Crippen LogP contribution >= 0.6 is 11.3 Å². The Morgan fingerprint density at radius 2 is 2.04 bits per heavy atom. The van der Waals surface area contributed by atoms with Crippen molar-refractivity contribution in [1.29, 1.82) is 0 Å². The number of carbonyl (C=O) groups excluding carboxylic acids is 1. The minimum Gasteiger partial charge on any atom is -0.488 e. The molecule has 1 N–H and O–H groups in total. The molecule has 0 saturated heterocycles. The van der Waals surface area contributed by atoms with Gasteiger partial charge in [-0.15, -0.1) is 11.3 Å². The van der Waals surface area contributed by atoms with E-state index < -0.39 is 5.97 Å². The third-order valence-corrected chi connectivity index (χ3v) is 4.34. The fraction of sp³-hybridized carbons (Fsp3) is 0.333. The van der Waals surface area contributed by atoms with Gasteiger partial charge in [0.05, 0.1) is 6.42 Å². The first-order valence-corrected chi connectivity index (χ1v) is 8.63. The van der Waals surface area contributed by atoms with Gasteiger partial charge in [-0.2, -0.15) is 0 Å². The van der Waals surface area contributed by atoms with Crippen molar-refractivity contribution in [3.05, 3.63) is 52.2 Å². The fourth-order valence-corrected chi connectivity index (χ4v) is 2.86. The van der Waals surface area contributed by atoms with E-state index in [-0.39, 0.29) is 24.9 Å². The quantitative estimate of drug-likeness (QED) is 0.791. The molecular weight excluding hydrogens is 326 g/mol. The highest BCUT2D eigenvalue weighted by Gasteiger charge is 2.20. The molecule has 0 saturated carbocycles. The Morgan fingerprint density at radius 3 is 2.67 bits per heavy atom. The second-order valence-electron chi connectivity index (χ2n) is 5.63. The van der Waals surface area contributed by atoms with E-state index in [1.807, 2.05) is 31.4 Å². The number of benzene rings is 1. The minimum absolute atomic E-state index is 0.0709. The summed E-state index contributed by atoms with van der Waals surface area (Å²) in [6, 6.07) is 10.9. The lowest BCUT2D eigenvalue weighted by Crippen LogP contribution is -2.38. The highest BCUT2D eigenvalue weighted by atomic mass is 32.1. The van der Waals surface area contributed by atoms with Gasteiger partial charge < -0.3 is 14.7 Å². The lowest BCUT2D eigenvalue weighted by atomic mass is 10.1. The Morgan fingerprint density at radius 1 is 1.25 bits per heavy atom. The molecule has 128 valence electrons. The van der Waals surface area contributed by atoms with Crippen molar-refractivity contribution in [1.82, 2.24) is 4.90 Å². The van der Waals surface area contributed by atoms with Crippen LogP contribution in [-0.2, 0) is 11.4 Å². The van der Waals surface area contributed by atoms with Crippen LogP contribution in [0.15, 0.2) is 41.8 Å². The van der Waals surface area contributed by atoms with E-state index in [9.17, 15) is 9.59 Å². The van der Waals surface area contributed by atoms with Gasteiger partial charge in [0.25, 0.3) is 5.91 Å². The van der Waals surface area contributed by atoms with E-state index in [0.717, 1.165) is 4.88 Å². The molecule has 0 atom stereocenters. The molecule has 1 amide bonds. The molecule has 0 aliphatic rings. The molecule has 24 heavy (non-hydrogen) atoms. The highest BCUT2D eigenvalue weighted by Crippen LogP contribution is 2.19. The maximum Gasteiger partial charge on any atom is 0.305 e. The first-order chi connectivity index (χ1) is 11.5. The van der Waals surface area contributed by atoms with E-state index in [4.69, 9.17) is 9.84 Å². The summed E-state index contributed by atoms with van der Waals surface area (Å²) in [5.74, 6) is -0.481. The Balaban J connectivity index is 2.07. The van der Waals surface area contributed by atoms with Crippen LogP contribution in [0.3, 0.4) is 0 Å². The van der Waals surface area contributed by atoms with Crippen LogP contribution in [0.5, 0.6) is 5.75 Å². The van der Waals surface area contributed by atoms with E-state index in [1.165, 1.54) is 0 Å². The van der Waals surface area contributed by atoms with Crippen LogP contribution in [0, 0.1) is 0 Å². The molecule has 0 radical (unpaired) electrons. The summed E-state index contributed by atoms with van der Waals surface area (Å²) in [6.45, 7) is 4.39. The lowest BCUT2D eigenvalue weighted by molar-refractivity contribution is -0.137. The summed E-state index contributed by atoms with van der Waals surface area (Å²) < 4.78 is 5.73. The predicted molar refractivity (Wildman–Crippen MR) is 93.5 cm³/mol. The normalized spacial score (nSPS) is 10.6. The molecule has 0 fully saturated rings. The van der Waals surface area contributed by atoms with Crippen LogP contribution < -0.4 is 4.74 Å². The standard InChI is InChI=1S/C18H21NO4S/c1-13(2)19(9-8-17(20)21)18(22)14-5-3-6-15(11-14)23-12-16-7-4-10-24-16/h3-7,10-11,13H,8-9,12H2,1-2H3,(H,20,21). The van der Waals surface area contributed by atoms with Crippen LogP contribution in [0.1, 0.15) is 35.5 Å². The zero-order valence-electron chi connectivity index (χ0n) is 13.8. The molecule has 0 unspecified atom stereocenters. The first-order valence-electron chi connectivity index (χ1n) is 7.75. The number of nitrogens with zero attached hydrogens (tertiary/aromatic N) is 1. The number of aliphatic carboxylic acids is 1. The SMILES string of the molecule is CC(C)N(CCC(=O)O)C(=O)c1cccc(OCc2cccs2)c1. The molecule has 1 aromatic carbocycles. The van der Waals surface area contributed by atoms with E-state index in [1.54, 1.807) is 40.5 Å². The summed E-state index contributed by atoms with van der Waals surface area (Å²) in [5.41, 5.74) is 0.498. The third-order valence-electron chi connectivity index (χ3n) is 3.49. The lowest BCUT2D eigenvalue weighted by Gasteiger charge is -2.26. The maximum atomic E-state index is 12.7. The molecule has 6 heteroatoms. The molecule has 0 aliphatic carbocycles. The average molecular weight is 347 g/mol. The minimum atomic E-state index is -0.915. The second kappa shape index (κ2) is 8.49. The third kappa shape index (κ3) is 5.09. The van der Waals surface area contributed by atoms with Crippen molar-refractivity contribution in [2.24, 2.45) is 0 Å². The number of amides is 1. The molecule has 1 heterocycles. The summed E-state index contributed by atoms with van der Waals surface area (Å²) >= 11 is 1.61. The number of thiophene rings is 1. The number of carboxylic acid groups (broad SMARTS) is 1. The van der Waals surface area contributed by atoms with Gasteiger partial charge >= 0.3 is 5.97 Å². The molecule has 2 aromatic rings. The summed E-state index contributed by atoms with van der Waals surface area (Å²) in [7, 11) is 0. The van der Waals surface area contributed by atoms with Crippen molar-refractivity contribution in [2.45, 2.75) is 32.9 Å². The molecule has 2 rings (SSSR count). The van der Waals surface area contributed by atoms with Gasteiger partial charge in [-0.1, -0.05) is 12.1 Å². The molecule has 5 nitrogen and oxygen atoms in total. The average Bonchev–Trinajstić information content (AvgIpc) is 3.06. The number of hydrogen-bond acceptors (Lipinski definition) is 4. The predicted octanol–water partition coefficient (Wildman–Crippen LogP) is 3.65. The van der Waals surface area contributed by atoms with E-state index >= 15 is 0 Å². The number of rotatable bonds is 8. The molecule has 0 spiro atoms. The number of hydrogen-bond donors (Lipinski definition) is 1. The van der Waals surface area contributed by atoms with E-state index in [2.05, 4.69) is 0 Å². The maximum absolute atomic E-state index is 12.7. The van der Waals surface area contributed by atoms with Crippen molar-refractivity contribution in [3.63, 3.8) is 0 Å². The molecule has 0 bridgehead atoms. The van der Waals surface area contributed by atoms with Crippen LogP contribution in [0.2, 0.25) is 0 Å². The smallest absolute Gasteiger partial charge is 0.305 e.